The number of nitrogens with one attached hydrogen (secondary N) is 1. The average Bonchev–Trinajstić information content (AvgIpc) is 3.24. The van der Waals surface area contributed by atoms with Crippen molar-refractivity contribution in [3.05, 3.63) is 107 Å². The predicted octanol–water partition coefficient (Wildman–Crippen LogP) is 5.40. The van der Waals surface area contributed by atoms with E-state index in [9.17, 15) is 18.5 Å². The molecule has 210 valence electrons. The molecule has 0 bridgehead atoms. The van der Waals surface area contributed by atoms with Gasteiger partial charge in [0.2, 0.25) is 10.0 Å². The van der Waals surface area contributed by atoms with Gasteiger partial charge in [-0.25, -0.2) is 18.1 Å². The molecule has 0 unspecified atom stereocenters. The molecule has 0 spiro atoms. The minimum atomic E-state index is -3.69. The van der Waals surface area contributed by atoms with E-state index >= 15 is 0 Å². The van der Waals surface area contributed by atoms with E-state index in [1.165, 1.54) is 0 Å². The second kappa shape index (κ2) is 11.6. The van der Waals surface area contributed by atoms with Crippen LogP contribution in [0.15, 0.2) is 94.7 Å². The maximum atomic E-state index is 13.6. The normalized spacial score (nSPS) is 14.9. The molecule has 0 aliphatic carbocycles. The zero-order chi connectivity index (χ0) is 29.1. The van der Waals surface area contributed by atoms with E-state index in [4.69, 9.17) is 5.10 Å². The molecule has 42 heavy (non-hydrogen) atoms. The van der Waals surface area contributed by atoms with Gasteiger partial charge in [-0.1, -0.05) is 55.3 Å². The van der Waals surface area contributed by atoms with Crippen LogP contribution in [0, 0.1) is 11.3 Å². The molecule has 1 fully saturated rings. The number of nitriles is 1. The lowest BCUT2D eigenvalue weighted by atomic mass is 10.1. The number of para-hydroxylation sites is 2. The van der Waals surface area contributed by atoms with Crippen molar-refractivity contribution < 1.29 is 8.42 Å². The number of aromatic nitrogens is 4. The monoisotopic (exact) mass is 576 g/mol. The van der Waals surface area contributed by atoms with Crippen LogP contribution >= 0.6 is 0 Å². The number of fused-ring (bicyclic) bond motifs is 1. The van der Waals surface area contributed by atoms with Gasteiger partial charge >= 0.3 is 0 Å². The fourth-order valence-corrected chi connectivity index (χ4v) is 6.75. The Balaban J connectivity index is 1.48. The van der Waals surface area contributed by atoms with Crippen molar-refractivity contribution in [2.75, 3.05) is 13.1 Å². The first-order valence-electron chi connectivity index (χ1n) is 13.8. The molecule has 1 saturated heterocycles. The molecule has 9 nitrogen and oxygen atoms in total. The second-order valence-corrected chi connectivity index (χ2v) is 12.1. The number of hydrogen-bond donors (Lipinski definition) is 1. The molecule has 0 saturated carbocycles. The second-order valence-electron chi connectivity index (χ2n) is 10.2. The molecule has 1 aliphatic heterocycles. The summed E-state index contributed by atoms with van der Waals surface area (Å²) in [7, 11) is -3.69. The molecule has 0 atom stereocenters. The van der Waals surface area contributed by atoms with Crippen LogP contribution in [0.3, 0.4) is 0 Å². The molecule has 10 heteroatoms. The lowest BCUT2D eigenvalue weighted by Gasteiger charge is -2.20. The molecule has 2 aromatic heterocycles. The highest BCUT2D eigenvalue weighted by molar-refractivity contribution is 7.89. The first-order valence-corrected chi connectivity index (χ1v) is 15.2. The van der Waals surface area contributed by atoms with Gasteiger partial charge < -0.3 is 4.98 Å². The zero-order valence-electron chi connectivity index (χ0n) is 22.8. The van der Waals surface area contributed by atoms with Gasteiger partial charge in [-0.05, 0) is 55.3 Å². The van der Waals surface area contributed by atoms with E-state index in [1.807, 2.05) is 30.3 Å². The van der Waals surface area contributed by atoms with Crippen molar-refractivity contribution in [1.29, 1.82) is 5.26 Å². The summed E-state index contributed by atoms with van der Waals surface area (Å²) in [5.41, 5.74) is 2.71. The van der Waals surface area contributed by atoms with Gasteiger partial charge in [0.1, 0.15) is 11.8 Å². The molecule has 0 amide bonds. The van der Waals surface area contributed by atoms with Gasteiger partial charge in [0, 0.05) is 30.4 Å². The van der Waals surface area contributed by atoms with Crippen LogP contribution in [0.1, 0.15) is 37.1 Å². The third-order valence-electron chi connectivity index (χ3n) is 7.36. The average molecular weight is 577 g/mol. The summed E-state index contributed by atoms with van der Waals surface area (Å²) >= 11 is 0. The lowest BCUT2D eigenvalue weighted by molar-refractivity contribution is 0.424. The number of sulfonamides is 1. The van der Waals surface area contributed by atoms with Crippen LogP contribution in [0.25, 0.3) is 39.5 Å². The summed E-state index contributed by atoms with van der Waals surface area (Å²) in [5, 5.41) is 15.4. The van der Waals surface area contributed by atoms with Crippen LogP contribution in [0.2, 0.25) is 0 Å². The fraction of sp³-hybridized carbons (Fsp3) is 0.188. The van der Waals surface area contributed by atoms with Gasteiger partial charge in [0.15, 0.2) is 5.82 Å². The largest absolute Gasteiger partial charge is 0.305 e. The van der Waals surface area contributed by atoms with E-state index in [0.717, 1.165) is 31.4 Å². The van der Waals surface area contributed by atoms with Crippen molar-refractivity contribution in [3.63, 3.8) is 0 Å². The highest BCUT2D eigenvalue weighted by atomic mass is 32.2. The highest BCUT2D eigenvalue weighted by Gasteiger charge is 2.26. The Morgan fingerprint density at radius 2 is 1.67 bits per heavy atom. The summed E-state index contributed by atoms with van der Waals surface area (Å²) in [4.78, 5) is 20.2. The molecular weight excluding hydrogens is 548 g/mol. The van der Waals surface area contributed by atoms with Crippen LogP contribution in [0.4, 0.5) is 0 Å². The number of rotatable bonds is 6. The minimum absolute atomic E-state index is 0.136. The minimum Gasteiger partial charge on any atom is -0.305 e. The fourth-order valence-electron chi connectivity index (χ4n) is 5.19. The van der Waals surface area contributed by atoms with Crippen molar-refractivity contribution >= 4 is 32.6 Å². The maximum absolute atomic E-state index is 13.6. The first kappa shape index (κ1) is 27.3. The summed E-state index contributed by atoms with van der Waals surface area (Å²) in [5.74, 6) is 0.136. The van der Waals surface area contributed by atoms with E-state index < -0.39 is 10.0 Å². The van der Waals surface area contributed by atoms with Crippen LogP contribution in [0.5, 0.6) is 0 Å². The Morgan fingerprint density at radius 3 is 2.43 bits per heavy atom. The third-order valence-corrected chi connectivity index (χ3v) is 9.26. The van der Waals surface area contributed by atoms with Crippen molar-refractivity contribution in [3.8, 4) is 23.0 Å². The quantitative estimate of drug-likeness (QED) is 0.270. The van der Waals surface area contributed by atoms with Crippen molar-refractivity contribution in [1.82, 2.24) is 24.1 Å². The first-order chi connectivity index (χ1) is 20.4. The lowest BCUT2D eigenvalue weighted by Crippen LogP contribution is -2.31. The van der Waals surface area contributed by atoms with E-state index in [1.54, 1.807) is 69.8 Å². The Hall–Kier alpha value is -4.85. The summed E-state index contributed by atoms with van der Waals surface area (Å²) in [6.07, 6.45) is 7.13. The zero-order valence-corrected chi connectivity index (χ0v) is 23.6. The number of allylic oxidation sites excluding steroid dienone is 1. The van der Waals surface area contributed by atoms with Gasteiger partial charge in [-0.15, -0.1) is 0 Å². The van der Waals surface area contributed by atoms with Crippen LogP contribution in [-0.2, 0) is 10.0 Å². The number of aromatic amines is 1. The molecule has 3 aromatic carbocycles. The Labute approximate surface area is 243 Å². The standard InChI is InChI=1S/C32H28N6O3S/c33-21-24(31-34-29-16-7-6-15-28(29)32(39)35-31)19-25-22-38(26-12-4-3-5-13-26)36-30(25)23-11-10-14-27(20-23)42(40,41)37-17-8-1-2-9-18-37/h3-7,10-16,19-20,22H,1-2,8-9,17-18H2,(H,34,35,39)/b24-19+. The Morgan fingerprint density at radius 1 is 0.929 bits per heavy atom. The van der Waals surface area contributed by atoms with Crippen LogP contribution < -0.4 is 5.56 Å². The van der Waals surface area contributed by atoms with Gasteiger partial charge in [0.25, 0.3) is 5.56 Å². The smallest absolute Gasteiger partial charge is 0.259 e. The number of benzene rings is 3. The van der Waals surface area contributed by atoms with E-state index in [2.05, 4.69) is 16.0 Å². The molecular formula is C32H28N6O3S. The number of hydrogen-bond acceptors (Lipinski definition) is 6. The number of nitrogens with zero attached hydrogens (tertiary/aromatic N) is 5. The topological polar surface area (TPSA) is 125 Å². The molecule has 0 radical (unpaired) electrons. The molecule has 1 aliphatic rings. The maximum Gasteiger partial charge on any atom is 0.259 e. The van der Waals surface area contributed by atoms with Gasteiger partial charge in [-0.3, -0.25) is 4.79 Å². The van der Waals surface area contributed by atoms with E-state index in [0.29, 0.717) is 40.8 Å². The summed E-state index contributed by atoms with van der Waals surface area (Å²) in [6.45, 7) is 1.01. The third kappa shape index (κ3) is 5.40. The van der Waals surface area contributed by atoms with Crippen molar-refractivity contribution in [2.24, 2.45) is 0 Å². The van der Waals surface area contributed by atoms with Gasteiger partial charge in [0.05, 0.1) is 27.1 Å². The summed E-state index contributed by atoms with van der Waals surface area (Å²) < 4.78 is 30.4. The van der Waals surface area contributed by atoms with Crippen molar-refractivity contribution in [2.45, 2.75) is 30.6 Å². The molecule has 3 heterocycles. The molecule has 5 aromatic rings. The molecule has 1 N–H and O–H groups in total. The summed E-state index contributed by atoms with van der Waals surface area (Å²) in [6, 6.07) is 25.3. The Bertz CT molecular complexity index is 2000. The van der Waals surface area contributed by atoms with E-state index in [-0.39, 0.29) is 21.9 Å². The van der Waals surface area contributed by atoms with Crippen LogP contribution in [-0.4, -0.2) is 45.6 Å². The highest BCUT2D eigenvalue weighted by Crippen LogP contribution is 2.30. The number of H-pyrrole nitrogens is 1. The molecule has 6 rings (SSSR count). The SMILES string of the molecule is N#C/C(=C\c1cn(-c2ccccc2)nc1-c1cccc(S(=O)(=O)N2CCCCCC2)c1)c1nc2ccccc2c(=O)[nH]1. The predicted molar refractivity (Wildman–Crippen MR) is 162 cm³/mol. The Kier molecular flexibility index (Phi) is 7.52. The van der Waals surface area contributed by atoms with Gasteiger partial charge in [-0.2, -0.15) is 14.7 Å².